The molecule has 23 heavy (non-hydrogen) atoms. The molecule has 7 heteroatoms. The largest absolute Gasteiger partial charge is 0.778 e. The van der Waals surface area contributed by atoms with E-state index in [1.54, 1.807) is 0 Å². The first-order chi connectivity index (χ1) is 10.7. The molecular formula is C16H41N2O4P. The molecule has 0 fully saturated rings. The highest BCUT2D eigenvalue weighted by atomic mass is 31.2. The van der Waals surface area contributed by atoms with E-state index < -0.39 is 7.60 Å². The predicted molar refractivity (Wildman–Crippen MR) is 96.1 cm³/mol. The Morgan fingerprint density at radius 2 is 1.61 bits per heavy atom. The molecule has 0 aliphatic heterocycles. The van der Waals surface area contributed by atoms with Crippen molar-refractivity contribution < 1.29 is 24.8 Å². The predicted octanol–water partition coefficient (Wildman–Crippen LogP) is 1.61. The lowest BCUT2D eigenvalue weighted by atomic mass is 10.1. The Morgan fingerprint density at radius 1 is 1.17 bits per heavy atom. The van der Waals surface area contributed by atoms with Gasteiger partial charge in [0.25, 0.3) is 0 Å². The number of hydrogen-bond donors (Lipinski definition) is 3. The van der Waals surface area contributed by atoms with E-state index in [-0.39, 0.29) is 12.8 Å². The number of hydrogen-bond acceptors (Lipinski definition) is 5. The summed E-state index contributed by atoms with van der Waals surface area (Å²) in [5.41, 5.74) is 8.36. The topological polar surface area (TPSA) is 123 Å². The molecule has 0 saturated carbocycles. The van der Waals surface area contributed by atoms with Crippen LogP contribution in [0, 0.1) is 11.8 Å². The van der Waals surface area contributed by atoms with Gasteiger partial charge in [-0.3, -0.25) is 0 Å². The third-order valence-corrected chi connectivity index (χ3v) is 4.86. The maximum absolute atomic E-state index is 11.2. The van der Waals surface area contributed by atoms with Crippen molar-refractivity contribution in [3.05, 3.63) is 0 Å². The van der Waals surface area contributed by atoms with Crippen molar-refractivity contribution in [2.24, 2.45) is 17.6 Å². The van der Waals surface area contributed by atoms with Gasteiger partial charge in [-0.15, -0.1) is 0 Å². The molecule has 0 rings (SSSR count). The average molecular weight is 356 g/mol. The van der Waals surface area contributed by atoms with E-state index in [4.69, 9.17) is 15.4 Å². The summed E-state index contributed by atoms with van der Waals surface area (Å²) in [5, 5.41) is 7.75. The Labute approximate surface area is 143 Å². The highest BCUT2D eigenvalue weighted by molar-refractivity contribution is 7.51. The zero-order valence-corrected chi connectivity index (χ0v) is 16.8. The molecule has 0 aromatic rings. The molecule has 0 aliphatic carbocycles. The first-order valence-corrected chi connectivity index (χ1v) is 10.5. The zero-order chi connectivity index (χ0) is 18.7. The molecule has 0 spiro atoms. The normalized spacial score (nSPS) is 14.2. The van der Waals surface area contributed by atoms with E-state index in [0.29, 0.717) is 32.0 Å². The monoisotopic (exact) mass is 356 g/mol. The molecule has 0 radical (unpaired) electrons. The summed E-state index contributed by atoms with van der Waals surface area (Å²) in [6.45, 7) is 12.1. The minimum absolute atomic E-state index is 0.0972. The lowest BCUT2D eigenvalue weighted by molar-refractivity contribution is -0.367. The van der Waals surface area contributed by atoms with Gasteiger partial charge in [0.1, 0.15) is 7.60 Å². The van der Waals surface area contributed by atoms with Crippen molar-refractivity contribution in [2.45, 2.75) is 60.3 Å². The van der Waals surface area contributed by atoms with Crippen molar-refractivity contribution in [3.63, 3.8) is 0 Å². The second kappa shape index (κ2) is 20.1. The Kier molecular flexibility index (Phi) is 24.3. The number of quaternary nitrogens is 1. The van der Waals surface area contributed by atoms with Crippen LogP contribution in [0.25, 0.3) is 0 Å². The number of aliphatic hydroxyl groups excluding tert-OH is 1. The van der Waals surface area contributed by atoms with E-state index in [1.165, 1.54) is 12.8 Å². The summed E-state index contributed by atoms with van der Waals surface area (Å²) >= 11 is 0. The Bertz CT molecular complexity index is 262. The van der Waals surface area contributed by atoms with Crippen LogP contribution in [0.1, 0.15) is 60.3 Å². The maximum atomic E-state index is 11.2. The molecule has 2 unspecified atom stereocenters. The van der Waals surface area contributed by atoms with Crippen LogP contribution in [-0.4, -0.2) is 37.6 Å². The summed E-state index contributed by atoms with van der Waals surface area (Å²) in [6, 6.07) is 0. The van der Waals surface area contributed by atoms with E-state index >= 15 is 0 Å². The van der Waals surface area contributed by atoms with Gasteiger partial charge in [-0.1, -0.05) is 53.9 Å². The van der Waals surface area contributed by atoms with Crippen LogP contribution in [0.3, 0.4) is 0 Å². The highest BCUT2D eigenvalue weighted by Crippen LogP contribution is 2.37. The van der Waals surface area contributed by atoms with Gasteiger partial charge in [0, 0.05) is 19.1 Å². The molecule has 0 bridgehead atoms. The summed E-state index contributed by atoms with van der Waals surface area (Å²) < 4.78 is 16.0. The molecule has 0 heterocycles. The van der Waals surface area contributed by atoms with Crippen LogP contribution in [0.4, 0.5) is 0 Å². The van der Waals surface area contributed by atoms with Crippen molar-refractivity contribution >= 4 is 7.60 Å². The second-order valence-corrected chi connectivity index (χ2v) is 7.71. The minimum atomic E-state index is -3.57. The molecule has 144 valence electrons. The van der Waals surface area contributed by atoms with Crippen LogP contribution in [0.2, 0.25) is 0 Å². The molecular weight excluding hydrogens is 315 g/mol. The van der Waals surface area contributed by atoms with E-state index in [0.717, 1.165) is 12.3 Å². The lowest BCUT2D eigenvalue weighted by Gasteiger charge is -2.24. The van der Waals surface area contributed by atoms with Gasteiger partial charge in [-0.2, -0.15) is 0 Å². The molecule has 0 aromatic heterocycles. The second-order valence-electron chi connectivity index (χ2n) is 5.78. The van der Waals surface area contributed by atoms with Crippen LogP contribution >= 0.6 is 7.60 Å². The van der Waals surface area contributed by atoms with Gasteiger partial charge in [0.2, 0.25) is 0 Å². The van der Waals surface area contributed by atoms with Crippen LogP contribution in [0.5, 0.6) is 0 Å². The van der Waals surface area contributed by atoms with Crippen molar-refractivity contribution in [1.82, 2.24) is 0 Å². The Hall–Kier alpha value is 0.0300. The minimum Gasteiger partial charge on any atom is -0.778 e. The van der Waals surface area contributed by atoms with E-state index in [9.17, 15) is 9.46 Å². The van der Waals surface area contributed by atoms with E-state index in [2.05, 4.69) is 26.5 Å². The van der Waals surface area contributed by atoms with Gasteiger partial charge >= 0.3 is 0 Å². The van der Waals surface area contributed by atoms with Gasteiger partial charge in [-0.05, 0) is 11.8 Å². The van der Waals surface area contributed by atoms with E-state index in [1.807, 2.05) is 13.8 Å². The number of nitrogens with two attached hydrogens (primary N) is 1. The molecule has 0 saturated heterocycles. The maximum Gasteiger partial charge on any atom is 0.135 e. The van der Waals surface area contributed by atoms with Gasteiger partial charge < -0.3 is 30.6 Å². The standard InChI is InChI=1S/C8H20NO3P.C6H14.C2H7NO/c1-3-8(2)7-12-13(10,11)6-4-5-9;1-4-6(3)5-2;3-1-2-4/h8H,3-7,9H2,1-2H3,(H,10,11);6H,4-5H2,1-3H3;4H,1-3H2. The first kappa shape index (κ1) is 27.9. The summed E-state index contributed by atoms with van der Waals surface area (Å²) in [7, 11) is -3.57. The highest BCUT2D eigenvalue weighted by Gasteiger charge is 2.09. The third kappa shape index (κ3) is 27.2. The Balaban J connectivity index is -0.000000330. The average Bonchev–Trinajstić information content (AvgIpc) is 2.57. The summed E-state index contributed by atoms with van der Waals surface area (Å²) in [6.07, 6.45) is 4.30. The molecule has 0 aliphatic rings. The van der Waals surface area contributed by atoms with Crippen molar-refractivity contribution in [1.29, 1.82) is 0 Å². The lowest BCUT2D eigenvalue weighted by Crippen LogP contribution is -2.50. The fourth-order valence-corrected chi connectivity index (χ4v) is 2.24. The quantitative estimate of drug-likeness (QED) is 0.513. The summed E-state index contributed by atoms with van der Waals surface area (Å²) in [5.74, 6) is 1.24. The fourth-order valence-electron chi connectivity index (χ4n) is 1.02. The zero-order valence-electron chi connectivity index (χ0n) is 15.9. The first-order valence-electron chi connectivity index (χ1n) is 8.79. The molecule has 6 N–H and O–H groups in total. The van der Waals surface area contributed by atoms with Gasteiger partial charge in [-0.25, -0.2) is 0 Å². The number of rotatable bonds is 10. The summed E-state index contributed by atoms with van der Waals surface area (Å²) in [4.78, 5) is 11.2. The molecule has 2 atom stereocenters. The van der Waals surface area contributed by atoms with Crippen LogP contribution < -0.4 is 16.4 Å². The van der Waals surface area contributed by atoms with Crippen LogP contribution in [-0.2, 0) is 9.09 Å². The number of aliphatic hydroxyl groups is 1. The van der Waals surface area contributed by atoms with Crippen LogP contribution in [0.15, 0.2) is 0 Å². The van der Waals surface area contributed by atoms with Gasteiger partial charge in [0.05, 0.1) is 19.8 Å². The molecule has 0 aromatic carbocycles. The van der Waals surface area contributed by atoms with Gasteiger partial charge in [0.15, 0.2) is 0 Å². The third-order valence-electron chi connectivity index (χ3n) is 3.46. The molecule has 0 amide bonds. The Morgan fingerprint density at radius 3 is 1.87 bits per heavy atom. The smallest absolute Gasteiger partial charge is 0.135 e. The fraction of sp³-hybridized carbons (Fsp3) is 1.00. The van der Waals surface area contributed by atoms with Crippen molar-refractivity contribution in [3.8, 4) is 0 Å². The van der Waals surface area contributed by atoms with Crippen molar-refractivity contribution in [2.75, 3.05) is 32.5 Å². The molecule has 6 nitrogen and oxygen atoms in total. The SMILES string of the molecule is CCC(C)CC.CCC(C)COP(=O)([O-])CCC[NH3+].NCCO.